The number of aliphatic hydroxyl groups excluding tert-OH is 2. The van der Waals surface area contributed by atoms with Crippen LogP contribution in [0, 0.1) is 5.92 Å². The smallest absolute Gasteiger partial charge is 0.338 e. The average molecular weight is 528 g/mol. The van der Waals surface area contributed by atoms with Gasteiger partial charge in [0.2, 0.25) is 5.79 Å². The van der Waals surface area contributed by atoms with Crippen molar-refractivity contribution in [3.8, 4) is 0 Å². The van der Waals surface area contributed by atoms with Gasteiger partial charge in [-0.2, -0.15) is 0 Å². The lowest BCUT2D eigenvalue weighted by atomic mass is 9.86. The molecule has 0 amide bonds. The van der Waals surface area contributed by atoms with Crippen molar-refractivity contribution in [2.24, 2.45) is 5.92 Å². The maximum Gasteiger partial charge on any atom is 0.338 e. The van der Waals surface area contributed by atoms with E-state index in [-0.39, 0.29) is 25.0 Å². The third-order valence-corrected chi connectivity index (χ3v) is 5.76. The minimum absolute atomic E-state index is 0.135. The highest BCUT2D eigenvalue weighted by atomic mass is 16.5. The standard InChI is InChI=1S/C15H23NO4.C14H14O4/c1-2-20-15(19)13-5-7-14(8-6-13)16(9-3-11-17)10-4-12-18;1-18-11-7-8-12(14(16,17)9-11)13(15)10-5-3-2-4-6-10/h5-8,17-18H,2-4,9-12H2,1H3;2-9,12,16-17H,1H3. The van der Waals surface area contributed by atoms with Crippen molar-refractivity contribution in [2.45, 2.75) is 25.6 Å². The van der Waals surface area contributed by atoms with Crippen molar-refractivity contribution in [1.82, 2.24) is 0 Å². The third-order valence-electron chi connectivity index (χ3n) is 5.76. The molecule has 9 heteroatoms. The molecule has 2 aromatic carbocycles. The molecule has 0 aliphatic heterocycles. The largest absolute Gasteiger partial charge is 0.497 e. The summed E-state index contributed by atoms with van der Waals surface area (Å²) in [5.41, 5.74) is 1.94. The first kappa shape index (κ1) is 30.7. The van der Waals surface area contributed by atoms with Crippen molar-refractivity contribution in [2.75, 3.05) is 44.9 Å². The second-order valence-electron chi connectivity index (χ2n) is 8.51. The van der Waals surface area contributed by atoms with Crippen LogP contribution in [0.5, 0.6) is 0 Å². The zero-order valence-electron chi connectivity index (χ0n) is 21.8. The maximum absolute atomic E-state index is 12.2. The fraction of sp³-hybridized carbons (Fsp3) is 0.379. The van der Waals surface area contributed by atoms with Crippen LogP contribution in [0.1, 0.15) is 40.5 Å². The van der Waals surface area contributed by atoms with E-state index in [2.05, 4.69) is 4.90 Å². The molecule has 0 radical (unpaired) electrons. The van der Waals surface area contributed by atoms with Gasteiger partial charge in [0.1, 0.15) is 5.76 Å². The van der Waals surface area contributed by atoms with Gasteiger partial charge in [-0.25, -0.2) is 4.79 Å². The molecule has 0 aromatic heterocycles. The van der Waals surface area contributed by atoms with Crippen molar-refractivity contribution >= 4 is 17.4 Å². The van der Waals surface area contributed by atoms with Crippen molar-refractivity contribution < 1.29 is 39.5 Å². The first-order valence-electron chi connectivity index (χ1n) is 12.5. The lowest BCUT2D eigenvalue weighted by molar-refractivity contribution is -0.139. The van der Waals surface area contributed by atoms with Gasteiger partial charge in [0, 0.05) is 43.6 Å². The summed E-state index contributed by atoms with van der Waals surface area (Å²) in [5.74, 6) is -3.61. The van der Waals surface area contributed by atoms with Gasteiger partial charge in [0.05, 0.1) is 25.2 Å². The monoisotopic (exact) mass is 527 g/mol. The van der Waals surface area contributed by atoms with E-state index in [0.717, 1.165) is 24.9 Å². The summed E-state index contributed by atoms with van der Waals surface area (Å²) in [4.78, 5) is 25.8. The molecule has 0 spiro atoms. The maximum atomic E-state index is 12.2. The molecule has 9 nitrogen and oxygen atoms in total. The van der Waals surface area contributed by atoms with E-state index in [1.54, 1.807) is 55.5 Å². The molecule has 4 N–H and O–H groups in total. The molecule has 2 aromatic rings. The topological polar surface area (TPSA) is 137 Å². The zero-order valence-corrected chi connectivity index (χ0v) is 21.8. The number of anilines is 1. The minimum Gasteiger partial charge on any atom is -0.497 e. The van der Waals surface area contributed by atoms with E-state index in [9.17, 15) is 19.8 Å². The molecule has 0 heterocycles. The molecule has 0 fully saturated rings. The van der Waals surface area contributed by atoms with E-state index in [1.165, 1.54) is 13.2 Å². The van der Waals surface area contributed by atoms with Crippen molar-refractivity contribution in [1.29, 1.82) is 0 Å². The Morgan fingerprint density at radius 3 is 2.03 bits per heavy atom. The second-order valence-corrected chi connectivity index (χ2v) is 8.51. The summed E-state index contributed by atoms with van der Waals surface area (Å²) in [5, 5.41) is 37.6. The fourth-order valence-corrected chi connectivity index (χ4v) is 3.79. The van der Waals surface area contributed by atoms with Gasteiger partial charge in [0.25, 0.3) is 0 Å². The Labute approximate surface area is 223 Å². The summed E-state index contributed by atoms with van der Waals surface area (Å²) in [7, 11) is 1.42. The Bertz CT molecular complexity index is 1060. The molecule has 206 valence electrons. The highest BCUT2D eigenvalue weighted by molar-refractivity contribution is 6.00. The van der Waals surface area contributed by atoms with Crippen molar-refractivity contribution in [3.05, 3.63) is 89.7 Å². The molecule has 1 atom stereocenters. The van der Waals surface area contributed by atoms with E-state index >= 15 is 0 Å². The summed E-state index contributed by atoms with van der Waals surface area (Å²) in [6.45, 7) is 3.84. The Hall–Kier alpha value is -3.50. The molecule has 1 unspecified atom stereocenters. The first-order chi connectivity index (χ1) is 18.3. The van der Waals surface area contributed by atoms with Crippen LogP contribution in [0.15, 0.2) is 78.6 Å². The van der Waals surface area contributed by atoms with Gasteiger partial charge >= 0.3 is 5.97 Å². The number of nitrogens with zero attached hydrogens (tertiary/aromatic N) is 1. The second kappa shape index (κ2) is 15.7. The number of benzene rings is 2. The number of ether oxygens (including phenoxy) is 2. The number of carbonyl (C=O) groups excluding carboxylic acids is 2. The molecular weight excluding hydrogens is 490 g/mol. The fourth-order valence-electron chi connectivity index (χ4n) is 3.79. The highest BCUT2D eigenvalue weighted by Crippen LogP contribution is 2.28. The summed E-state index contributed by atoms with van der Waals surface area (Å²) < 4.78 is 9.84. The molecule has 1 aliphatic rings. The Morgan fingerprint density at radius 1 is 0.921 bits per heavy atom. The predicted octanol–water partition coefficient (Wildman–Crippen LogP) is 2.70. The number of hydrogen-bond donors (Lipinski definition) is 4. The van der Waals surface area contributed by atoms with E-state index in [1.807, 2.05) is 12.1 Å². The average Bonchev–Trinajstić information content (AvgIpc) is 2.93. The van der Waals surface area contributed by atoms with Gasteiger partial charge < -0.3 is 34.8 Å². The zero-order chi connectivity index (χ0) is 28.0. The molecule has 0 saturated carbocycles. The van der Waals surface area contributed by atoms with Crippen LogP contribution in [0.2, 0.25) is 0 Å². The molecule has 0 saturated heterocycles. The third kappa shape index (κ3) is 9.11. The molecule has 3 rings (SSSR count). The van der Waals surface area contributed by atoms with Gasteiger partial charge in [-0.1, -0.05) is 36.4 Å². The highest BCUT2D eigenvalue weighted by Gasteiger charge is 2.39. The minimum atomic E-state index is -2.23. The number of Topliss-reactive ketones (excluding diaryl/α,β-unsaturated/α-hetero) is 1. The Balaban J connectivity index is 0.000000268. The molecule has 1 aliphatic carbocycles. The van der Waals surface area contributed by atoms with Crippen LogP contribution < -0.4 is 4.90 Å². The number of carbonyl (C=O) groups is 2. The van der Waals surface area contributed by atoms with Crippen LogP contribution in [-0.4, -0.2) is 78.0 Å². The number of rotatable bonds is 12. The Kier molecular flexibility index (Phi) is 12.7. The number of hydrogen-bond acceptors (Lipinski definition) is 9. The van der Waals surface area contributed by atoms with Crippen LogP contribution in [0.4, 0.5) is 5.69 Å². The lowest BCUT2D eigenvalue weighted by Gasteiger charge is -2.28. The first-order valence-corrected chi connectivity index (χ1v) is 12.5. The molecular formula is C29H37NO8. The lowest BCUT2D eigenvalue weighted by Crippen LogP contribution is -2.41. The van der Waals surface area contributed by atoms with Crippen LogP contribution in [-0.2, 0) is 9.47 Å². The molecule has 38 heavy (non-hydrogen) atoms. The normalized spacial score (nSPS) is 15.5. The summed E-state index contributed by atoms with van der Waals surface area (Å²) in [6, 6.07) is 15.7. The Morgan fingerprint density at radius 2 is 1.53 bits per heavy atom. The number of allylic oxidation sites excluding steroid dienone is 1. The number of aliphatic hydroxyl groups is 4. The van der Waals surface area contributed by atoms with E-state index in [0.29, 0.717) is 36.3 Å². The van der Waals surface area contributed by atoms with Gasteiger partial charge in [-0.3, -0.25) is 4.79 Å². The SMILES string of the molecule is CCOC(=O)c1ccc(N(CCCO)CCCO)cc1.COC1=CC(O)(O)C(C(=O)c2ccccc2)C=C1. The number of esters is 1. The van der Waals surface area contributed by atoms with Gasteiger partial charge in [0.15, 0.2) is 5.78 Å². The van der Waals surface area contributed by atoms with Crippen LogP contribution >= 0.6 is 0 Å². The predicted molar refractivity (Wildman–Crippen MR) is 144 cm³/mol. The van der Waals surface area contributed by atoms with Gasteiger partial charge in [-0.15, -0.1) is 0 Å². The van der Waals surface area contributed by atoms with Crippen LogP contribution in [0.3, 0.4) is 0 Å². The number of ketones is 1. The van der Waals surface area contributed by atoms with Crippen molar-refractivity contribution in [3.63, 3.8) is 0 Å². The molecule has 0 bridgehead atoms. The van der Waals surface area contributed by atoms with Gasteiger partial charge in [-0.05, 0) is 50.1 Å². The van der Waals surface area contributed by atoms with E-state index < -0.39 is 11.7 Å². The quantitative estimate of drug-likeness (QED) is 0.187. The summed E-state index contributed by atoms with van der Waals surface area (Å²) in [6.07, 6.45) is 5.46. The van der Waals surface area contributed by atoms with Crippen LogP contribution in [0.25, 0.3) is 0 Å². The number of methoxy groups -OCH3 is 1. The van der Waals surface area contributed by atoms with E-state index in [4.69, 9.17) is 19.7 Å². The summed E-state index contributed by atoms with van der Waals surface area (Å²) >= 11 is 0.